The molecule has 6 heteroatoms. The minimum atomic E-state index is -0.581. The molecule has 1 aliphatic heterocycles. The minimum absolute atomic E-state index is 0.0214. The molecule has 0 aliphatic carbocycles. The first-order valence-electron chi connectivity index (χ1n) is 6.09. The molecular weight excluding hydrogens is 254 g/mol. The highest BCUT2D eigenvalue weighted by molar-refractivity contribution is 7.81. The summed E-state index contributed by atoms with van der Waals surface area (Å²) in [5.74, 6) is -0.389. The number of amides is 1. The maximum atomic E-state index is 12.0. The van der Waals surface area contributed by atoms with E-state index in [2.05, 4.69) is 12.6 Å². The second-order valence-corrected chi connectivity index (χ2v) is 6.02. The average molecular weight is 275 g/mol. The van der Waals surface area contributed by atoms with E-state index in [0.717, 1.165) is 0 Å². The van der Waals surface area contributed by atoms with Crippen LogP contribution >= 0.6 is 12.6 Å². The molecule has 0 spiro atoms. The first-order valence-corrected chi connectivity index (χ1v) is 6.60. The van der Waals surface area contributed by atoms with Crippen LogP contribution in [0.2, 0.25) is 0 Å². The zero-order valence-electron chi connectivity index (χ0n) is 11.3. The van der Waals surface area contributed by atoms with Crippen molar-refractivity contribution >= 4 is 24.7 Å². The molecule has 0 N–H and O–H groups in total. The van der Waals surface area contributed by atoms with Gasteiger partial charge in [-0.05, 0) is 34.1 Å². The SMILES string of the molecule is CCOC(=O)[C@@H]1C[C@H](S)CN1C(=O)OC(C)(C)C. The molecular formula is C12H21NO4S. The fourth-order valence-corrected chi connectivity index (χ4v) is 2.17. The van der Waals surface area contributed by atoms with E-state index in [1.807, 2.05) is 0 Å². The molecule has 104 valence electrons. The molecule has 0 aromatic heterocycles. The van der Waals surface area contributed by atoms with Crippen LogP contribution in [0.5, 0.6) is 0 Å². The number of ether oxygens (including phenoxy) is 2. The van der Waals surface area contributed by atoms with Gasteiger partial charge in [-0.1, -0.05) is 0 Å². The van der Waals surface area contributed by atoms with Crippen molar-refractivity contribution in [2.75, 3.05) is 13.2 Å². The van der Waals surface area contributed by atoms with Gasteiger partial charge in [-0.2, -0.15) is 12.6 Å². The van der Waals surface area contributed by atoms with Crippen molar-refractivity contribution in [3.05, 3.63) is 0 Å². The highest BCUT2D eigenvalue weighted by atomic mass is 32.1. The third kappa shape index (κ3) is 4.08. The van der Waals surface area contributed by atoms with E-state index in [4.69, 9.17) is 9.47 Å². The van der Waals surface area contributed by atoms with Crippen LogP contribution in [-0.2, 0) is 14.3 Å². The number of carbonyl (C=O) groups is 2. The first-order chi connectivity index (χ1) is 8.24. The number of hydrogen-bond donors (Lipinski definition) is 1. The predicted molar refractivity (Wildman–Crippen MR) is 70.8 cm³/mol. The number of thiol groups is 1. The number of carbonyl (C=O) groups excluding carboxylic acids is 2. The van der Waals surface area contributed by atoms with Gasteiger partial charge in [0.2, 0.25) is 0 Å². The number of rotatable bonds is 2. The summed E-state index contributed by atoms with van der Waals surface area (Å²) in [6.07, 6.45) is 0.0124. The smallest absolute Gasteiger partial charge is 0.411 e. The standard InChI is InChI=1S/C12H21NO4S/c1-5-16-10(14)9-6-8(18)7-13(9)11(15)17-12(2,3)4/h8-9,18H,5-7H2,1-4H3/t8-,9-/m0/s1. The third-order valence-corrected chi connectivity index (χ3v) is 2.84. The van der Waals surface area contributed by atoms with Gasteiger partial charge in [0.25, 0.3) is 0 Å². The van der Waals surface area contributed by atoms with Crippen LogP contribution in [-0.4, -0.2) is 47.0 Å². The normalized spacial score (nSPS) is 23.9. The Morgan fingerprint density at radius 3 is 2.50 bits per heavy atom. The molecule has 1 aliphatic rings. The lowest BCUT2D eigenvalue weighted by Gasteiger charge is -2.27. The van der Waals surface area contributed by atoms with Gasteiger partial charge in [0.15, 0.2) is 0 Å². The van der Waals surface area contributed by atoms with E-state index in [0.29, 0.717) is 19.6 Å². The fourth-order valence-electron chi connectivity index (χ4n) is 1.80. The molecule has 1 amide bonds. The third-order valence-electron chi connectivity index (χ3n) is 2.47. The number of likely N-dealkylation sites (tertiary alicyclic amines) is 1. The molecule has 0 saturated carbocycles. The van der Waals surface area contributed by atoms with Crippen LogP contribution in [0.1, 0.15) is 34.1 Å². The van der Waals surface area contributed by atoms with Gasteiger partial charge in [-0.15, -0.1) is 0 Å². The van der Waals surface area contributed by atoms with E-state index < -0.39 is 17.7 Å². The molecule has 0 bridgehead atoms. The summed E-state index contributed by atoms with van der Waals surface area (Å²) in [4.78, 5) is 25.2. The van der Waals surface area contributed by atoms with Gasteiger partial charge in [0, 0.05) is 11.8 Å². The van der Waals surface area contributed by atoms with Gasteiger partial charge < -0.3 is 9.47 Å². The Morgan fingerprint density at radius 2 is 2.00 bits per heavy atom. The Morgan fingerprint density at radius 1 is 1.39 bits per heavy atom. The summed E-state index contributed by atoms with van der Waals surface area (Å²) in [7, 11) is 0. The van der Waals surface area contributed by atoms with Gasteiger partial charge in [-0.25, -0.2) is 9.59 Å². The Hall–Kier alpha value is -0.910. The van der Waals surface area contributed by atoms with Crippen molar-refractivity contribution in [2.24, 2.45) is 0 Å². The summed E-state index contributed by atoms with van der Waals surface area (Å²) in [5, 5.41) is -0.0214. The van der Waals surface area contributed by atoms with Crippen LogP contribution in [0, 0.1) is 0 Å². The highest BCUT2D eigenvalue weighted by Crippen LogP contribution is 2.25. The summed E-state index contributed by atoms with van der Waals surface area (Å²) < 4.78 is 10.2. The van der Waals surface area contributed by atoms with E-state index in [1.165, 1.54) is 4.90 Å². The van der Waals surface area contributed by atoms with Crippen molar-refractivity contribution in [3.63, 3.8) is 0 Å². The molecule has 0 aromatic rings. The van der Waals surface area contributed by atoms with Crippen molar-refractivity contribution in [1.82, 2.24) is 4.90 Å². The first kappa shape index (κ1) is 15.1. The van der Waals surface area contributed by atoms with Gasteiger partial charge in [0.1, 0.15) is 11.6 Å². The summed E-state index contributed by atoms with van der Waals surface area (Å²) in [6, 6.07) is -0.581. The Bertz CT molecular complexity index is 327. The Labute approximate surface area is 113 Å². The second kappa shape index (κ2) is 5.82. The van der Waals surface area contributed by atoms with Gasteiger partial charge >= 0.3 is 12.1 Å². The average Bonchev–Trinajstić information content (AvgIpc) is 2.58. The van der Waals surface area contributed by atoms with Crippen molar-refractivity contribution in [3.8, 4) is 0 Å². The summed E-state index contributed by atoms with van der Waals surface area (Å²) in [5.41, 5.74) is -0.578. The van der Waals surface area contributed by atoms with Crippen molar-refractivity contribution in [2.45, 2.75) is 51.0 Å². The molecule has 0 radical (unpaired) electrons. The van der Waals surface area contributed by atoms with Crippen molar-refractivity contribution in [1.29, 1.82) is 0 Å². The summed E-state index contributed by atoms with van der Waals surface area (Å²) in [6.45, 7) is 7.81. The molecule has 18 heavy (non-hydrogen) atoms. The lowest BCUT2D eigenvalue weighted by Crippen LogP contribution is -2.44. The molecule has 1 heterocycles. The summed E-state index contributed by atoms with van der Waals surface area (Å²) >= 11 is 4.32. The largest absolute Gasteiger partial charge is 0.464 e. The quantitative estimate of drug-likeness (QED) is 0.617. The molecule has 5 nitrogen and oxygen atoms in total. The monoisotopic (exact) mass is 275 g/mol. The van der Waals surface area contributed by atoms with Crippen LogP contribution < -0.4 is 0 Å². The zero-order chi connectivity index (χ0) is 13.9. The molecule has 0 unspecified atom stereocenters. The van der Waals surface area contributed by atoms with E-state index in [9.17, 15) is 9.59 Å². The zero-order valence-corrected chi connectivity index (χ0v) is 12.2. The predicted octanol–water partition coefficient (Wildman–Crippen LogP) is 1.86. The molecule has 1 rings (SSSR count). The second-order valence-electron chi connectivity index (χ2n) is 5.29. The lowest BCUT2D eigenvalue weighted by molar-refractivity contribution is -0.148. The van der Waals surface area contributed by atoms with Gasteiger partial charge in [-0.3, -0.25) is 4.90 Å². The lowest BCUT2D eigenvalue weighted by atomic mass is 10.2. The maximum Gasteiger partial charge on any atom is 0.411 e. The minimum Gasteiger partial charge on any atom is -0.464 e. The molecule has 1 fully saturated rings. The molecule has 1 saturated heterocycles. The Kier molecular flexibility index (Phi) is 4.90. The molecule has 0 aromatic carbocycles. The van der Waals surface area contributed by atoms with Crippen LogP contribution in [0.25, 0.3) is 0 Å². The number of nitrogens with zero attached hydrogens (tertiary/aromatic N) is 1. The van der Waals surface area contributed by atoms with E-state index in [-0.39, 0.29) is 11.2 Å². The van der Waals surface area contributed by atoms with Crippen LogP contribution in [0.4, 0.5) is 4.79 Å². The van der Waals surface area contributed by atoms with E-state index in [1.54, 1.807) is 27.7 Å². The highest BCUT2D eigenvalue weighted by Gasteiger charge is 2.41. The van der Waals surface area contributed by atoms with Crippen LogP contribution in [0.3, 0.4) is 0 Å². The topological polar surface area (TPSA) is 55.8 Å². The maximum absolute atomic E-state index is 12.0. The van der Waals surface area contributed by atoms with Crippen LogP contribution in [0.15, 0.2) is 0 Å². The fraction of sp³-hybridized carbons (Fsp3) is 0.833. The number of esters is 1. The van der Waals surface area contributed by atoms with E-state index >= 15 is 0 Å². The molecule has 2 atom stereocenters. The Balaban J connectivity index is 2.72. The number of hydrogen-bond acceptors (Lipinski definition) is 5. The van der Waals surface area contributed by atoms with Crippen molar-refractivity contribution < 1.29 is 19.1 Å². The van der Waals surface area contributed by atoms with Gasteiger partial charge in [0.05, 0.1) is 6.61 Å².